The van der Waals surface area contributed by atoms with Crippen molar-refractivity contribution in [3.8, 4) is 0 Å². The molecule has 0 atom stereocenters. The molecule has 0 radical (unpaired) electrons. The summed E-state index contributed by atoms with van der Waals surface area (Å²) in [5.74, 6) is -1.60. The molecule has 0 aliphatic heterocycles. The first-order valence-corrected chi connectivity index (χ1v) is 4.99. The van der Waals surface area contributed by atoms with Gasteiger partial charge in [0.2, 0.25) is 0 Å². The Morgan fingerprint density at radius 3 is 2.59 bits per heavy atom. The number of Topliss-reactive ketones (excluding diaryl/α,β-unsaturated/α-hetero) is 2. The zero-order valence-electron chi connectivity index (χ0n) is 9.34. The summed E-state index contributed by atoms with van der Waals surface area (Å²) < 4.78 is 5.91. The van der Waals surface area contributed by atoms with Crippen LogP contribution in [-0.2, 0) is 9.59 Å². The predicted octanol–water partition coefficient (Wildman–Crippen LogP) is 0.709. The van der Waals surface area contributed by atoms with Gasteiger partial charge in [-0.25, -0.2) is 14.3 Å². The van der Waals surface area contributed by atoms with Crippen molar-refractivity contribution in [3.63, 3.8) is 0 Å². The molecule has 0 N–H and O–H groups in total. The molecule has 0 aromatic carbocycles. The lowest BCUT2D eigenvalue weighted by Crippen LogP contribution is -2.30. The molecule has 0 bridgehead atoms. The molecule has 0 amide bonds. The molecule has 17 heavy (non-hydrogen) atoms. The Morgan fingerprint density at radius 2 is 2.00 bits per heavy atom. The molecule has 2 heterocycles. The van der Waals surface area contributed by atoms with Crippen LogP contribution in [0.2, 0.25) is 0 Å². The number of ketones is 2. The van der Waals surface area contributed by atoms with E-state index in [4.69, 9.17) is 4.42 Å². The van der Waals surface area contributed by atoms with E-state index in [0.717, 1.165) is 4.57 Å². The average Bonchev–Trinajstić information content (AvgIpc) is 2.55. The topological polar surface area (TPSA) is 82.2 Å². The van der Waals surface area contributed by atoms with Crippen molar-refractivity contribution in [2.75, 3.05) is 0 Å². The number of hydrogen-bond acceptors (Lipinski definition) is 5. The molecular weight excluding hydrogens is 224 g/mol. The standard InChI is InChI=1S/C11H10N2O4/c1-6(14)9(7(2)15)13-10-8(17-11(13)16)4-3-5-12-10/h3-5,9H,1-2H3. The quantitative estimate of drug-likeness (QED) is 0.730. The van der Waals surface area contributed by atoms with Crippen molar-refractivity contribution < 1.29 is 14.0 Å². The number of rotatable bonds is 3. The Hall–Kier alpha value is -2.24. The van der Waals surface area contributed by atoms with E-state index in [1.807, 2.05) is 0 Å². The van der Waals surface area contributed by atoms with E-state index in [2.05, 4.69) is 4.98 Å². The second-order valence-corrected chi connectivity index (χ2v) is 3.69. The van der Waals surface area contributed by atoms with Gasteiger partial charge in [0.05, 0.1) is 0 Å². The number of aromatic nitrogens is 2. The highest BCUT2D eigenvalue weighted by molar-refractivity contribution is 6.03. The second kappa shape index (κ2) is 3.97. The number of nitrogens with zero attached hydrogens (tertiary/aromatic N) is 2. The number of hydrogen-bond donors (Lipinski definition) is 0. The third-order valence-corrected chi connectivity index (χ3v) is 2.40. The van der Waals surface area contributed by atoms with Crippen LogP contribution in [0.3, 0.4) is 0 Å². The van der Waals surface area contributed by atoms with Crippen molar-refractivity contribution in [2.24, 2.45) is 0 Å². The Kier molecular flexibility index (Phi) is 2.63. The van der Waals surface area contributed by atoms with Gasteiger partial charge in [-0.3, -0.25) is 9.59 Å². The Bertz CT molecular complexity index is 639. The van der Waals surface area contributed by atoms with Crippen LogP contribution in [-0.4, -0.2) is 21.1 Å². The molecule has 0 aliphatic carbocycles. The molecule has 0 saturated carbocycles. The van der Waals surface area contributed by atoms with Crippen LogP contribution < -0.4 is 5.76 Å². The largest absolute Gasteiger partial charge is 0.422 e. The van der Waals surface area contributed by atoms with E-state index in [9.17, 15) is 14.4 Å². The number of pyridine rings is 1. The van der Waals surface area contributed by atoms with Crippen molar-refractivity contribution in [1.29, 1.82) is 0 Å². The number of oxazole rings is 1. The fourth-order valence-corrected chi connectivity index (χ4v) is 1.75. The first-order chi connectivity index (χ1) is 8.02. The van der Waals surface area contributed by atoms with Gasteiger partial charge in [0.1, 0.15) is 0 Å². The minimum atomic E-state index is -1.17. The van der Waals surface area contributed by atoms with E-state index >= 15 is 0 Å². The van der Waals surface area contributed by atoms with Crippen molar-refractivity contribution in [1.82, 2.24) is 9.55 Å². The van der Waals surface area contributed by atoms with Crippen LogP contribution in [0.5, 0.6) is 0 Å². The fraction of sp³-hybridized carbons (Fsp3) is 0.273. The van der Waals surface area contributed by atoms with Crippen LogP contribution in [0.25, 0.3) is 11.2 Å². The summed E-state index contributed by atoms with van der Waals surface area (Å²) in [6.45, 7) is 2.50. The lowest BCUT2D eigenvalue weighted by Gasteiger charge is -2.09. The summed E-state index contributed by atoms with van der Waals surface area (Å²) in [6, 6.07) is 1.99. The molecular formula is C11H10N2O4. The maximum Gasteiger partial charge on any atom is 0.422 e. The van der Waals surface area contributed by atoms with Crippen molar-refractivity contribution in [3.05, 3.63) is 28.9 Å². The minimum absolute atomic E-state index is 0.202. The van der Waals surface area contributed by atoms with Gasteiger partial charge in [0, 0.05) is 6.20 Å². The molecule has 0 saturated heterocycles. The van der Waals surface area contributed by atoms with E-state index in [0.29, 0.717) is 0 Å². The lowest BCUT2D eigenvalue weighted by atomic mass is 10.1. The Labute approximate surface area is 95.9 Å². The monoisotopic (exact) mass is 234 g/mol. The van der Waals surface area contributed by atoms with E-state index in [-0.39, 0.29) is 11.2 Å². The smallest absolute Gasteiger partial charge is 0.406 e. The average molecular weight is 234 g/mol. The van der Waals surface area contributed by atoms with Gasteiger partial charge in [-0.1, -0.05) is 0 Å². The lowest BCUT2D eigenvalue weighted by molar-refractivity contribution is -0.129. The predicted molar refractivity (Wildman–Crippen MR) is 58.7 cm³/mol. The fourth-order valence-electron chi connectivity index (χ4n) is 1.75. The summed E-state index contributed by atoms with van der Waals surface area (Å²) in [7, 11) is 0. The highest BCUT2D eigenvalue weighted by Crippen LogP contribution is 2.15. The van der Waals surface area contributed by atoms with Crippen LogP contribution >= 0.6 is 0 Å². The molecule has 0 fully saturated rings. The van der Waals surface area contributed by atoms with Gasteiger partial charge in [-0.15, -0.1) is 0 Å². The van der Waals surface area contributed by atoms with Crippen molar-refractivity contribution in [2.45, 2.75) is 19.9 Å². The van der Waals surface area contributed by atoms with Crippen LogP contribution in [0.15, 0.2) is 27.5 Å². The second-order valence-electron chi connectivity index (χ2n) is 3.69. The van der Waals surface area contributed by atoms with Gasteiger partial charge in [-0.2, -0.15) is 0 Å². The minimum Gasteiger partial charge on any atom is -0.406 e. The summed E-state index contributed by atoms with van der Waals surface area (Å²) >= 11 is 0. The Morgan fingerprint density at radius 1 is 1.35 bits per heavy atom. The molecule has 6 nitrogen and oxygen atoms in total. The molecule has 2 rings (SSSR count). The highest BCUT2D eigenvalue weighted by Gasteiger charge is 2.27. The maximum atomic E-state index is 11.6. The molecule has 2 aromatic rings. The number of fused-ring (bicyclic) bond motifs is 1. The SMILES string of the molecule is CC(=O)C(C(C)=O)n1c(=O)oc2cccnc21. The first-order valence-electron chi connectivity index (χ1n) is 4.99. The van der Waals surface area contributed by atoms with E-state index in [1.54, 1.807) is 12.1 Å². The van der Waals surface area contributed by atoms with Crippen LogP contribution in [0.4, 0.5) is 0 Å². The van der Waals surface area contributed by atoms with Gasteiger partial charge >= 0.3 is 5.76 Å². The maximum absolute atomic E-state index is 11.6. The van der Waals surface area contributed by atoms with Gasteiger partial charge in [0.25, 0.3) is 0 Å². The molecule has 0 aliphatic rings. The van der Waals surface area contributed by atoms with Gasteiger partial charge in [0.15, 0.2) is 28.8 Å². The third kappa shape index (κ3) is 1.77. The first kappa shape index (κ1) is 11.3. The van der Waals surface area contributed by atoms with Gasteiger partial charge < -0.3 is 4.42 Å². The van der Waals surface area contributed by atoms with Gasteiger partial charge in [-0.05, 0) is 26.0 Å². The summed E-state index contributed by atoms with van der Waals surface area (Å²) in [6.07, 6.45) is 1.46. The highest BCUT2D eigenvalue weighted by atomic mass is 16.4. The third-order valence-electron chi connectivity index (χ3n) is 2.40. The number of carbonyl (C=O) groups is 2. The Balaban J connectivity index is 2.77. The zero-order chi connectivity index (χ0) is 12.6. The summed E-state index contributed by atoms with van der Waals surface area (Å²) in [5.41, 5.74) is 0.456. The zero-order valence-corrected chi connectivity index (χ0v) is 9.34. The van der Waals surface area contributed by atoms with Crippen molar-refractivity contribution >= 4 is 22.8 Å². The molecule has 0 spiro atoms. The number of carbonyl (C=O) groups excluding carboxylic acids is 2. The van der Waals surface area contributed by atoms with Crippen LogP contribution in [0, 0.1) is 0 Å². The molecule has 2 aromatic heterocycles. The van der Waals surface area contributed by atoms with Crippen LogP contribution in [0.1, 0.15) is 19.9 Å². The summed E-state index contributed by atoms with van der Waals surface area (Å²) in [4.78, 5) is 38.5. The molecule has 6 heteroatoms. The van der Waals surface area contributed by atoms with E-state index < -0.39 is 23.4 Å². The molecule has 88 valence electrons. The molecule has 0 unspecified atom stereocenters. The summed E-state index contributed by atoms with van der Waals surface area (Å²) in [5, 5.41) is 0. The van der Waals surface area contributed by atoms with E-state index in [1.165, 1.54) is 20.0 Å². The normalized spacial score (nSPS) is 11.0.